The Hall–Kier alpha value is -1.86. The summed E-state index contributed by atoms with van der Waals surface area (Å²) in [6.07, 6.45) is 0.890. The molecule has 0 spiro atoms. The summed E-state index contributed by atoms with van der Waals surface area (Å²) in [7, 11) is 5.64. The molecule has 0 saturated heterocycles. The van der Waals surface area contributed by atoms with Crippen LogP contribution in [0.1, 0.15) is 6.42 Å². The molecule has 0 fully saturated rings. The smallest absolute Gasteiger partial charge is 0.185 e. The van der Waals surface area contributed by atoms with Gasteiger partial charge in [0, 0.05) is 34.4 Å². The molecule has 1 heterocycles. The maximum atomic E-state index is 5.34. The highest BCUT2D eigenvalue weighted by Crippen LogP contribution is 2.31. The largest absolute Gasteiger partial charge is 0.385 e. The highest BCUT2D eigenvalue weighted by atomic mass is 32.1. The van der Waals surface area contributed by atoms with Crippen LogP contribution in [0.5, 0.6) is 0 Å². The van der Waals surface area contributed by atoms with Gasteiger partial charge < -0.3 is 24.8 Å². The van der Waals surface area contributed by atoms with Gasteiger partial charge in [0.1, 0.15) is 0 Å². The minimum absolute atomic E-state index is 0.523. The van der Waals surface area contributed by atoms with E-state index in [2.05, 4.69) is 15.8 Å². The van der Waals surface area contributed by atoms with E-state index in [1.165, 1.54) is 0 Å². The third-order valence-electron chi connectivity index (χ3n) is 3.00. The number of nitrogens with one attached hydrogen (secondary N) is 2. The van der Waals surface area contributed by atoms with Gasteiger partial charge in [0.2, 0.25) is 0 Å². The first kappa shape index (κ1) is 15.5. The molecule has 7 heteroatoms. The molecular weight excluding hydrogens is 288 g/mol. The van der Waals surface area contributed by atoms with Crippen LogP contribution in [0.25, 0.3) is 11.0 Å². The van der Waals surface area contributed by atoms with Gasteiger partial charge in [-0.05, 0) is 30.8 Å². The molecule has 0 atom stereocenters. The molecule has 2 rings (SSSR count). The summed E-state index contributed by atoms with van der Waals surface area (Å²) >= 11 is 5.27. The molecule has 0 saturated carbocycles. The van der Waals surface area contributed by atoms with Crippen LogP contribution >= 0.6 is 12.2 Å². The van der Waals surface area contributed by atoms with Gasteiger partial charge >= 0.3 is 0 Å². The molecule has 0 bridgehead atoms. The van der Waals surface area contributed by atoms with E-state index in [1.54, 1.807) is 7.11 Å². The van der Waals surface area contributed by atoms with Crippen molar-refractivity contribution in [3.63, 3.8) is 0 Å². The van der Waals surface area contributed by atoms with E-state index in [9.17, 15) is 0 Å². The first-order valence-electron chi connectivity index (χ1n) is 6.73. The number of ether oxygens (including phenoxy) is 1. The van der Waals surface area contributed by atoms with Gasteiger partial charge in [0.25, 0.3) is 0 Å². The topological polar surface area (TPSA) is 62.6 Å². The zero-order valence-electron chi connectivity index (χ0n) is 12.5. The van der Waals surface area contributed by atoms with Crippen molar-refractivity contribution in [1.82, 2.24) is 10.5 Å². The maximum absolute atomic E-state index is 5.34. The number of fused-ring (bicyclic) bond motifs is 1. The zero-order valence-corrected chi connectivity index (χ0v) is 13.3. The van der Waals surface area contributed by atoms with Crippen molar-refractivity contribution in [1.29, 1.82) is 0 Å². The molecule has 6 nitrogen and oxygen atoms in total. The van der Waals surface area contributed by atoms with Gasteiger partial charge in [0.05, 0.1) is 11.1 Å². The SMILES string of the molecule is COCCCNC(=S)Nc1noc2cccc(N(C)C)c12. The molecule has 0 aliphatic heterocycles. The lowest BCUT2D eigenvalue weighted by Gasteiger charge is -2.14. The molecule has 0 aliphatic rings. The van der Waals surface area contributed by atoms with Crippen molar-refractivity contribution in [2.24, 2.45) is 0 Å². The quantitative estimate of drug-likeness (QED) is 0.626. The highest BCUT2D eigenvalue weighted by Gasteiger charge is 2.14. The van der Waals surface area contributed by atoms with Gasteiger partial charge in [-0.15, -0.1) is 0 Å². The predicted octanol–water partition coefficient (Wildman–Crippen LogP) is 2.22. The number of aromatic nitrogens is 1. The Labute approximate surface area is 129 Å². The fraction of sp³-hybridized carbons (Fsp3) is 0.429. The summed E-state index contributed by atoms with van der Waals surface area (Å²) in [4.78, 5) is 2.01. The predicted molar refractivity (Wildman–Crippen MR) is 89.1 cm³/mol. The van der Waals surface area contributed by atoms with Crippen LogP contribution in [0, 0.1) is 0 Å². The highest BCUT2D eigenvalue weighted by molar-refractivity contribution is 7.80. The number of benzene rings is 1. The third-order valence-corrected chi connectivity index (χ3v) is 3.25. The molecule has 0 amide bonds. The summed E-state index contributed by atoms with van der Waals surface area (Å²) in [6, 6.07) is 5.84. The van der Waals surface area contributed by atoms with Crippen LogP contribution in [0.3, 0.4) is 0 Å². The average molecular weight is 308 g/mol. The van der Waals surface area contributed by atoms with Crippen LogP contribution in [-0.4, -0.2) is 44.6 Å². The van der Waals surface area contributed by atoms with Crippen molar-refractivity contribution in [3.8, 4) is 0 Å². The summed E-state index contributed by atoms with van der Waals surface area (Å²) in [5, 5.41) is 11.7. The zero-order chi connectivity index (χ0) is 15.2. The monoisotopic (exact) mass is 308 g/mol. The van der Waals surface area contributed by atoms with E-state index in [4.69, 9.17) is 21.5 Å². The lowest BCUT2D eigenvalue weighted by atomic mass is 10.2. The fourth-order valence-electron chi connectivity index (χ4n) is 2.00. The van der Waals surface area contributed by atoms with Gasteiger partial charge in [-0.2, -0.15) is 0 Å². The molecule has 0 unspecified atom stereocenters. The van der Waals surface area contributed by atoms with E-state index < -0.39 is 0 Å². The van der Waals surface area contributed by atoms with E-state index in [0.717, 1.165) is 29.6 Å². The Kier molecular flexibility index (Phi) is 5.35. The molecule has 21 heavy (non-hydrogen) atoms. The average Bonchev–Trinajstić information content (AvgIpc) is 2.86. The molecule has 2 N–H and O–H groups in total. The van der Waals surface area contributed by atoms with Crippen LogP contribution in [0.4, 0.5) is 11.5 Å². The van der Waals surface area contributed by atoms with Crippen LogP contribution in [0.15, 0.2) is 22.7 Å². The van der Waals surface area contributed by atoms with Gasteiger partial charge in [-0.25, -0.2) is 0 Å². The summed E-state index contributed by atoms with van der Waals surface area (Å²) in [5.74, 6) is 0.624. The maximum Gasteiger partial charge on any atom is 0.185 e. The Balaban J connectivity index is 2.10. The van der Waals surface area contributed by atoms with Gasteiger partial charge in [0.15, 0.2) is 16.5 Å². The summed E-state index contributed by atoms with van der Waals surface area (Å²) < 4.78 is 10.3. The van der Waals surface area contributed by atoms with Gasteiger partial charge in [-0.3, -0.25) is 0 Å². The van der Waals surface area contributed by atoms with E-state index >= 15 is 0 Å². The number of anilines is 2. The molecule has 1 aromatic heterocycles. The van der Waals surface area contributed by atoms with Crippen molar-refractivity contribution < 1.29 is 9.26 Å². The minimum atomic E-state index is 0.523. The number of hydrogen-bond donors (Lipinski definition) is 2. The van der Waals surface area contributed by atoms with E-state index in [-0.39, 0.29) is 0 Å². The number of nitrogens with zero attached hydrogens (tertiary/aromatic N) is 2. The molecule has 2 aromatic rings. The number of thiocarbonyl (C=S) groups is 1. The Morgan fingerprint density at radius 3 is 2.95 bits per heavy atom. The third kappa shape index (κ3) is 3.83. The van der Waals surface area contributed by atoms with E-state index in [0.29, 0.717) is 17.5 Å². The minimum Gasteiger partial charge on any atom is -0.385 e. The van der Waals surface area contributed by atoms with Gasteiger partial charge in [-0.1, -0.05) is 11.2 Å². The number of methoxy groups -OCH3 is 1. The second-order valence-corrected chi connectivity index (χ2v) is 5.21. The molecule has 0 radical (unpaired) electrons. The first-order chi connectivity index (χ1) is 10.1. The second-order valence-electron chi connectivity index (χ2n) is 4.80. The Bertz CT molecular complexity index is 612. The summed E-state index contributed by atoms with van der Waals surface area (Å²) in [6.45, 7) is 1.45. The number of rotatable bonds is 6. The normalized spacial score (nSPS) is 10.6. The van der Waals surface area contributed by atoms with Crippen LogP contribution in [0.2, 0.25) is 0 Å². The van der Waals surface area contributed by atoms with Crippen LogP contribution < -0.4 is 15.5 Å². The Morgan fingerprint density at radius 1 is 1.43 bits per heavy atom. The molecule has 114 valence electrons. The first-order valence-corrected chi connectivity index (χ1v) is 7.14. The Morgan fingerprint density at radius 2 is 2.24 bits per heavy atom. The molecule has 1 aromatic carbocycles. The number of hydrogen-bond acceptors (Lipinski definition) is 5. The van der Waals surface area contributed by atoms with Crippen molar-refractivity contribution in [2.75, 3.05) is 44.6 Å². The fourth-order valence-corrected chi connectivity index (χ4v) is 2.20. The van der Waals surface area contributed by atoms with Crippen molar-refractivity contribution in [3.05, 3.63) is 18.2 Å². The van der Waals surface area contributed by atoms with Crippen molar-refractivity contribution in [2.45, 2.75) is 6.42 Å². The van der Waals surface area contributed by atoms with E-state index in [1.807, 2.05) is 37.2 Å². The lowest BCUT2D eigenvalue weighted by Crippen LogP contribution is -2.30. The standard InChI is InChI=1S/C14H20N4O2S/c1-18(2)10-6-4-7-11-12(10)13(17-20-11)16-14(21)15-8-5-9-19-3/h4,6-7H,5,8-9H2,1-3H3,(H2,15,16,17,21). The van der Waals surface area contributed by atoms with Crippen molar-refractivity contribution >= 4 is 39.8 Å². The molecular formula is C14H20N4O2S. The molecule has 0 aliphatic carbocycles. The lowest BCUT2D eigenvalue weighted by molar-refractivity contribution is 0.196. The summed E-state index contributed by atoms with van der Waals surface area (Å²) in [5.41, 5.74) is 1.75. The second kappa shape index (κ2) is 7.24. The van der Waals surface area contributed by atoms with Crippen LogP contribution in [-0.2, 0) is 4.74 Å².